The molecular formula is C7H8BrI. The fourth-order valence-corrected chi connectivity index (χ4v) is 1.12. The van der Waals surface area contributed by atoms with Gasteiger partial charge in [-0.05, 0) is 19.1 Å². The highest BCUT2D eigenvalue weighted by atomic mass is 127. The molecule has 0 fully saturated rings. The van der Waals surface area contributed by atoms with Crippen LogP contribution in [0.2, 0.25) is 0 Å². The van der Waals surface area contributed by atoms with E-state index in [1.807, 2.05) is 12.1 Å². The highest BCUT2D eigenvalue weighted by molar-refractivity contribution is 14.0. The molecule has 0 bridgehead atoms. The Labute approximate surface area is 80.8 Å². The topological polar surface area (TPSA) is 0 Å². The van der Waals surface area contributed by atoms with Gasteiger partial charge in [0.15, 0.2) is 0 Å². The number of hydrogen-bond acceptors (Lipinski definition) is 0. The maximum absolute atomic E-state index is 3.36. The molecule has 0 heterocycles. The predicted octanol–water partition coefficient (Wildman–Crippen LogP) is 3.38. The van der Waals surface area contributed by atoms with Crippen LogP contribution >= 0.6 is 39.9 Å². The molecule has 1 aromatic carbocycles. The van der Waals surface area contributed by atoms with Crippen LogP contribution in [0.5, 0.6) is 0 Å². The molecule has 0 atom stereocenters. The second-order valence-corrected chi connectivity index (χ2v) is 2.71. The molecule has 1 aromatic rings. The van der Waals surface area contributed by atoms with E-state index in [4.69, 9.17) is 0 Å². The summed E-state index contributed by atoms with van der Waals surface area (Å²) in [6.45, 7) is 2.07. The van der Waals surface area contributed by atoms with Gasteiger partial charge in [0.2, 0.25) is 0 Å². The van der Waals surface area contributed by atoms with E-state index in [1.165, 1.54) is 5.56 Å². The smallest absolute Gasteiger partial charge is 0.0177 e. The standard InChI is InChI=1S/C7H7Br.HI/c1-6-3-2-4-7(8)5-6;/h2-5H,1H3;1H. The highest BCUT2D eigenvalue weighted by Crippen LogP contribution is 2.09. The summed E-state index contributed by atoms with van der Waals surface area (Å²) in [4.78, 5) is 0. The van der Waals surface area contributed by atoms with Crippen LogP contribution < -0.4 is 0 Å². The molecule has 0 spiro atoms. The Balaban J connectivity index is 0.000000640. The summed E-state index contributed by atoms with van der Waals surface area (Å²) >= 11 is 3.36. The largest absolute Gasteiger partial charge is 0.107 e. The van der Waals surface area contributed by atoms with E-state index in [9.17, 15) is 0 Å². The molecule has 0 aliphatic rings. The molecule has 9 heavy (non-hydrogen) atoms. The average molecular weight is 299 g/mol. The lowest BCUT2D eigenvalue weighted by Gasteiger charge is -1.89. The fraction of sp³-hybridized carbons (Fsp3) is 0.143. The monoisotopic (exact) mass is 298 g/mol. The lowest BCUT2D eigenvalue weighted by molar-refractivity contribution is 1.45. The van der Waals surface area contributed by atoms with E-state index in [2.05, 4.69) is 35.0 Å². The highest BCUT2D eigenvalue weighted by Gasteiger charge is 1.82. The van der Waals surface area contributed by atoms with Crippen LogP contribution in [-0.4, -0.2) is 0 Å². The molecule has 0 unspecified atom stereocenters. The third kappa shape index (κ3) is 3.20. The van der Waals surface area contributed by atoms with Gasteiger partial charge in [0.25, 0.3) is 0 Å². The van der Waals surface area contributed by atoms with Gasteiger partial charge in [-0.2, -0.15) is 0 Å². The summed E-state index contributed by atoms with van der Waals surface area (Å²) in [5.41, 5.74) is 1.29. The first kappa shape index (κ1) is 9.43. The summed E-state index contributed by atoms with van der Waals surface area (Å²) in [6, 6.07) is 8.21. The zero-order valence-electron chi connectivity index (χ0n) is 5.10. The Hall–Kier alpha value is 0.430. The van der Waals surface area contributed by atoms with Crippen LogP contribution in [0.15, 0.2) is 28.7 Å². The molecule has 50 valence electrons. The molecule has 0 radical (unpaired) electrons. The van der Waals surface area contributed by atoms with Gasteiger partial charge in [-0.15, -0.1) is 24.0 Å². The van der Waals surface area contributed by atoms with E-state index >= 15 is 0 Å². The van der Waals surface area contributed by atoms with Crippen molar-refractivity contribution in [1.29, 1.82) is 0 Å². The predicted molar refractivity (Wildman–Crippen MR) is 54.3 cm³/mol. The zero-order valence-corrected chi connectivity index (χ0v) is 9.01. The summed E-state index contributed by atoms with van der Waals surface area (Å²) < 4.78 is 1.15. The Morgan fingerprint density at radius 2 is 2.00 bits per heavy atom. The van der Waals surface area contributed by atoms with Crippen molar-refractivity contribution in [2.75, 3.05) is 0 Å². The summed E-state index contributed by atoms with van der Waals surface area (Å²) in [7, 11) is 0. The van der Waals surface area contributed by atoms with E-state index in [0.717, 1.165) is 4.47 Å². The van der Waals surface area contributed by atoms with Gasteiger partial charge >= 0.3 is 0 Å². The third-order valence-electron chi connectivity index (χ3n) is 0.980. The molecule has 0 nitrogen and oxygen atoms in total. The van der Waals surface area contributed by atoms with E-state index < -0.39 is 0 Å². The Morgan fingerprint density at radius 3 is 2.33 bits per heavy atom. The first-order valence-corrected chi connectivity index (χ1v) is 3.30. The first-order valence-electron chi connectivity index (χ1n) is 2.51. The number of benzene rings is 1. The quantitative estimate of drug-likeness (QED) is 0.644. The van der Waals surface area contributed by atoms with Crippen LogP contribution in [0, 0.1) is 6.92 Å². The van der Waals surface area contributed by atoms with Gasteiger partial charge in [-0.3, -0.25) is 0 Å². The molecule has 1 rings (SSSR count). The van der Waals surface area contributed by atoms with E-state index in [-0.39, 0.29) is 24.0 Å². The summed E-state index contributed by atoms with van der Waals surface area (Å²) in [5, 5.41) is 0. The Kier molecular flexibility index (Phi) is 4.48. The van der Waals surface area contributed by atoms with Crippen LogP contribution in [0.3, 0.4) is 0 Å². The van der Waals surface area contributed by atoms with Gasteiger partial charge in [0.1, 0.15) is 0 Å². The normalized spacial score (nSPS) is 8.22. The molecule has 0 N–H and O–H groups in total. The van der Waals surface area contributed by atoms with Crippen molar-refractivity contribution in [1.82, 2.24) is 0 Å². The SMILES string of the molecule is Cc1cccc(Br)c1.I. The van der Waals surface area contributed by atoms with E-state index in [0.29, 0.717) is 0 Å². The van der Waals surface area contributed by atoms with Crippen LogP contribution in [0.4, 0.5) is 0 Å². The molecule has 0 saturated heterocycles. The van der Waals surface area contributed by atoms with Crippen molar-refractivity contribution in [2.24, 2.45) is 0 Å². The van der Waals surface area contributed by atoms with Crippen LogP contribution in [0.25, 0.3) is 0 Å². The van der Waals surface area contributed by atoms with Crippen molar-refractivity contribution in [3.63, 3.8) is 0 Å². The molecule has 0 saturated carbocycles. The molecule has 0 aromatic heterocycles. The van der Waals surface area contributed by atoms with Crippen molar-refractivity contribution in [3.8, 4) is 0 Å². The minimum atomic E-state index is 0. The van der Waals surface area contributed by atoms with Gasteiger partial charge in [0, 0.05) is 4.47 Å². The first-order chi connectivity index (χ1) is 3.79. The lowest BCUT2D eigenvalue weighted by atomic mass is 10.2. The number of aryl methyl sites for hydroxylation is 1. The Bertz CT molecular complexity index is 169. The van der Waals surface area contributed by atoms with Gasteiger partial charge in [0.05, 0.1) is 0 Å². The van der Waals surface area contributed by atoms with Gasteiger partial charge < -0.3 is 0 Å². The second-order valence-electron chi connectivity index (χ2n) is 1.80. The van der Waals surface area contributed by atoms with Crippen molar-refractivity contribution in [2.45, 2.75) is 6.92 Å². The third-order valence-corrected chi connectivity index (χ3v) is 1.47. The summed E-state index contributed by atoms with van der Waals surface area (Å²) in [5.74, 6) is 0. The number of halogens is 2. The zero-order chi connectivity index (χ0) is 5.98. The van der Waals surface area contributed by atoms with Gasteiger partial charge in [-0.1, -0.05) is 33.6 Å². The lowest BCUT2D eigenvalue weighted by Crippen LogP contribution is -1.67. The molecule has 0 aliphatic heterocycles. The average Bonchev–Trinajstić information content (AvgIpc) is 1.64. The number of hydrogen-bond donors (Lipinski definition) is 0. The minimum Gasteiger partial charge on any atom is -0.107 e. The molecule has 2 heteroatoms. The van der Waals surface area contributed by atoms with E-state index in [1.54, 1.807) is 0 Å². The fourth-order valence-electron chi connectivity index (χ4n) is 0.606. The summed E-state index contributed by atoms with van der Waals surface area (Å²) in [6.07, 6.45) is 0. The van der Waals surface area contributed by atoms with Crippen molar-refractivity contribution < 1.29 is 0 Å². The second kappa shape index (κ2) is 4.28. The maximum atomic E-state index is 3.36. The van der Waals surface area contributed by atoms with Crippen molar-refractivity contribution >= 4 is 39.9 Å². The van der Waals surface area contributed by atoms with Gasteiger partial charge in [-0.25, -0.2) is 0 Å². The van der Waals surface area contributed by atoms with Crippen LogP contribution in [-0.2, 0) is 0 Å². The molecule has 0 aliphatic carbocycles. The van der Waals surface area contributed by atoms with Crippen molar-refractivity contribution in [3.05, 3.63) is 34.3 Å². The maximum Gasteiger partial charge on any atom is 0.0177 e. The minimum absolute atomic E-state index is 0. The Morgan fingerprint density at radius 1 is 1.33 bits per heavy atom. The number of rotatable bonds is 0. The van der Waals surface area contributed by atoms with Crippen LogP contribution in [0.1, 0.15) is 5.56 Å². The molecular weight excluding hydrogens is 291 g/mol. The molecule has 0 amide bonds.